The second-order valence-corrected chi connectivity index (χ2v) is 6.59. The highest BCUT2D eigenvalue weighted by atomic mass is 32.1. The Morgan fingerprint density at radius 1 is 1.08 bits per heavy atom. The van der Waals surface area contributed by atoms with Crippen LogP contribution in [0.25, 0.3) is 22.2 Å². The van der Waals surface area contributed by atoms with E-state index in [0.717, 1.165) is 16.6 Å². The summed E-state index contributed by atoms with van der Waals surface area (Å²) in [5.74, 6) is 0.624. The van der Waals surface area contributed by atoms with E-state index in [-0.39, 0.29) is 12.2 Å². The number of thiazole rings is 1. The maximum atomic E-state index is 12.3. The molecule has 0 saturated carbocycles. The molecule has 0 unspecified atom stereocenters. The number of methoxy groups -OCH3 is 1. The van der Waals surface area contributed by atoms with Gasteiger partial charge in [0.2, 0.25) is 0 Å². The Hall–Kier alpha value is -3.12. The summed E-state index contributed by atoms with van der Waals surface area (Å²) in [6.45, 7) is 0. The zero-order valence-corrected chi connectivity index (χ0v) is 14.9. The Labute approximate surface area is 154 Å². The molecule has 26 heavy (non-hydrogen) atoms. The first-order valence-corrected chi connectivity index (χ1v) is 8.94. The summed E-state index contributed by atoms with van der Waals surface area (Å²) < 4.78 is 5.46. The fourth-order valence-corrected chi connectivity index (χ4v) is 3.38. The van der Waals surface area contributed by atoms with Crippen LogP contribution in [0.1, 0.15) is 15.4 Å². The quantitative estimate of drug-likeness (QED) is 0.499. The molecule has 0 bridgehead atoms. The van der Waals surface area contributed by atoms with Crippen LogP contribution in [0, 0.1) is 0 Å². The van der Waals surface area contributed by atoms with Crippen LogP contribution in [0.5, 0.6) is 5.75 Å². The van der Waals surface area contributed by atoms with Gasteiger partial charge >= 0.3 is 0 Å². The van der Waals surface area contributed by atoms with Crippen molar-refractivity contribution >= 4 is 28.2 Å². The molecule has 2 aromatic carbocycles. The molecule has 0 amide bonds. The predicted molar refractivity (Wildman–Crippen MR) is 102 cm³/mol. The lowest BCUT2D eigenvalue weighted by molar-refractivity contribution is 0.0995. The Bertz CT molecular complexity index is 1060. The van der Waals surface area contributed by atoms with Gasteiger partial charge in [0.15, 0.2) is 5.78 Å². The molecule has 2 heterocycles. The summed E-state index contributed by atoms with van der Waals surface area (Å²) in [5, 5.41) is 0. The minimum absolute atomic E-state index is 0.0145. The molecule has 0 fully saturated rings. The molecule has 5 nitrogen and oxygen atoms in total. The van der Waals surface area contributed by atoms with E-state index < -0.39 is 0 Å². The van der Waals surface area contributed by atoms with E-state index in [1.807, 2.05) is 42.5 Å². The van der Waals surface area contributed by atoms with Crippen molar-refractivity contribution in [2.45, 2.75) is 6.42 Å². The van der Waals surface area contributed by atoms with E-state index in [1.165, 1.54) is 11.3 Å². The monoisotopic (exact) mass is 361 g/mol. The summed E-state index contributed by atoms with van der Waals surface area (Å²) >= 11 is 1.33. The van der Waals surface area contributed by atoms with Gasteiger partial charge < -0.3 is 4.74 Å². The van der Waals surface area contributed by atoms with Gasteiger partial charge in [-0.05, 0) is 17.7 Å². The fraction of sp³-hybridized carbons (Fsp3) is 0.100. The van der Waals surface area contributed by atoms with Crippen LogP contribution in [0.15, 0.2) is 60.4 Å². The highest BCUT2D eigenvalue weighted by molar-refractivity contribution is 7.11. The molecular weight excluding hydrogens is 346 g/mol. The standard InChI is InChI=1S/C20H15N3O2S/c1-25-17-8-7-15(13-5-3-2-4-6-13)19-20(17)23-14(10-22-19)9-16(24)18-11-21-12-26-18/h2-8,10-12H,9H2,1H3. The van der Waals surface area contributed by atoms with Gasteiger partial charge in [0, 0.05) is 18.0 Å². The summed E-state index contributed by atoms with van der Waals surface area (Å²) in [5.41, 5.74) is 5.71. The van der Waals surface area contributed by atoms with Crippen LogP contribution < -0.4 is 4.74 Å². The summed E-state index contributed by atoms with van der Waals surface area (Å²) in [6, 6.07) is 13.9. The van der Waals surface area contributed by atoms with Gasteiger partial charge in [0.05, 0.1) is 29.6 Å². The van der Waals surface area contributed by atoms with E-state index in [1.54, 1.807) is 25.0 Å². The largest absolute Gasteiger partial charge is 0.494 e. The van der Waals surface area contributed by atoms with E-state index in [9.17, 15) is 4.79 Å². The van der Waals surface area contributed by atoms with Crippen LogP contribution in [-0.2, 0) is 6.42 Å². The molecule has 0 aliphatic carbocycles. The number of nitrogens with zero attached hydrogens (tertiary/aromatic N) is 3. The molecule has 128 valence electrons. The Morgan fingerprint density at radius 2 is 1.92 bits per heavy atom. The number of rotatable bonds is 5. The van der Waals surface area contributed by atoms with Crippen molar-refractivity contribution in [1.82, 2.24) is 15.0 Å². The molecule has 0 spiro atoms. The number of carbonyl (C=O) groups is 1. The third-order valence-electron chi connectivity index (χ3n) is 4.07. The van der Waals surface area contributed by atoms with Crippen molar-refractivity contribution in [1.29, 1.82) is 0 Å². The molecule has 4 aromatic rings. The number of fused-ring (bicyclic) bond motifs is 1. The first-order chi connectivity index (χ1) is 12.8. The summed E-state index contributed by atoms with van der Waals surface area (Å²) in [6.07, 6.45) is 3.42. The maximum absolute atomic E-state index is 12.3. The molecular formula is C20H15N3O2S. The zero-order valence-electron chi connectivity index (χ0n) is 14.0. The number of ketones is 1. The van der Waals surface area contributed by atoms with Crippen molar-refractivity contribution in [3.8, 4) is 16.9 Å². The average molecular weight is 361 g/mol. The van der Waals surface area contributed by atoms with Gasteiger partial charge in [-0.15, -0.1) is 11.3 Å². The zero-order chi connectivity index (χ0) is 17.9. The van der Waals surface area contributed by atoms with Gasteiger partial charge in [0.25, 0.3) is 0 Å². The smallest absolute Gasteiger partial charge is 0.180 e. The topological polar surface area (TPSA) is 65.0 Å². The van der Waals surface area contributed by atoms with Gasteiger partial charge in [-0.25, -0.2) is 4.98 Å². The number of hydrogen-bond acceptors (Lipinski definition) is 6. The third-order valence-corrected chi connectivity index (χ3v) is 4.88. The second-order valence-electron chi connectivity index (χ2n) is 5.71. The molecule has 4 rings (SSSR count). The van der Waals surface area contributed by atoms with Gasteiger partial charge in [-0.1, -0.05) is 30.3 Å². The molecule has 2 aromatic heterocycles. The van der Waals surface area contributed by atoms with Crippen molar-refractivity contribution in [3.63, 3.8) is 0 Å². The third kappa shape index (κ3) is 3.07. The molecule has 6 heteroatoms. The number of ether oxygens (including phenoxy) is 1. The van der Waals surface area contributed by atoms with Crippen molar-refractivity contribution in [2.24, 2.45) is 0 Å². The van der Waals surface area contributed by atoms with E-state index in [4.69, 9.17) is 4.74 Å². The molecule has 0 aliphatic heterocycles. The van der Waals surface area contributed by atoms with Crippen LogP contribution in [0.3, 0.4) is 0 Å². The first kappa shape index (κ1) is 16.4. The van der Waals surface area contributed by atoms with Crippen LogP contribution in [-0.4, -0.2) is 27.8 Å². The van der Waals surface area contributed by atoms with Gasteiger partial charge in [0.1, 0.15) is 16.8 Å². The Balaban J connectivity index is 1.78. The van der Waals surface area contributed by atoms with Crippen molar-refractivity contribution in [3.05, 3.63) is 70.9 Å². The highest BCUT2D eigenvalue weighted by Gasteiger charge is 2.15. The lowest BCUT2D eigenvalue weighted by Gasteiger charge is -2.10. The number of Topliss-reactive ketones (excluding diaryl/α,β-unsaturated/α-hetero) is 1. The minimum atomic E-state index is -0.0145. The number of hydrogen-bond donors (Lipinski definition) is 0. The normalized spacial score (nSPS) is 10.8. The fourth-order valence-electron chi connectivity index (χ4n) is 2.82. The van der Waals surface area contributed by atoms with Crippen LogP contribution in [0.4, 0.5) is 0 Å². The molecule has 0 atom stereocenters. The number of benzene rings is 2. The number of aromatic nitrogens is 3. The maximum Gasteiger partial charge on any atom is 0.180 e. The SMILES string of the molecule is COc1ccc(-c2ccccc2)c2ncc(CC(=O)c3cncs3)nc12. The van der Waals surface area contributed by atoms with Crippen LogP contribution in [0.2, 0.25) is 0 Å². The van der Waals surface area contributed by atoms with Gasteiger partial charge in [-0.3, -0.25) is 14.8 Å². The molecule has 0 aliphatic rings. The second kappa shape index (κ2) is 7.01. The summed E-state index contributed by atoms with van der Waals surface area (Å²) in [4.78, 5) is 26.1. The highest BCUT2D eigenvalue weighted by Crippen LogP contribution is 2.32. The predicted octanol–water partition coefficient (Wildman–Crippen LogP) is 4.19. The first-order valence-electron chi connectivity index (χ1n) is 8.06. The Kier molecular flexibility index (Phi) is 4.41. The van der Waals surface area contributed by atoms with E-state index >= 15 is 0 Å². The molecule has 0 saturated heterocycles. The van der Waals surface area contributed by atoms with Gasteiger partial charge in [-0.2, -0.15) is 0 Å². The summed E-state index contributed by atoms with van der Waals surface area (Å²) in [7, 11) is 1.60. The molecule has 0 radical (unpaired) electrons. The van der Waals surface area contributed by atoms with Crippen molar-refractivity contribution < 1.29 is 9.53 Å². The molecule has 0 N–H and O–H groups in total. The lowest BCUT2D eigenvalue weighted by atomic mass is 10.0. The van der Waals surface area contributed by atoms with Crippen molar-refractivity contribution in [2.75, 3.05) is 7.11 Å². The number of carbonyl (C=O) groups excluding carboxylic acids is 1. The average Bonchev–Trinajstić information content (AvgIpc) is 3.23. The van der Waals surface area contributed by atoms with E-state index in [0.29, 0.717) is 21.8 Å². The van der Waals surface area contributed by atoms with Crippen LogP contribution >= 0.6 is 11.3 Å². The van der Waals surface area contributed by atoms with E-state index in [2.05, 4.69) is 15.0 Å². The minimum Gasteiger partial charge on any atom is -0.494 e. The lowest BCUT2D eigenvalue weighted by Crippen LogP contribution is -2.05. The Morgan fingerprint density at radius 3 is 2.65 bits per heavy atom.